The second-order valence-corrected chi connectivity index (χ2v) is 11.1. The zero-order chi connectivity index (χ0) is 25.5. The molecule has 0 aliphatic heterocycles. The third-order valence-corrected chi connectivity index (χ3v) is 6.23. The number of carbonyl (C=O) groups is 2. The molecule has 0 rings (SSSR count). The number of rotatable bonds is 23. The highest BCUT2D eigenvalue weighted by molar-refractivity contribution is 5.72. The van der Waals surface area contributed by atoms with E-state index in [0.29, 0.717) is 6.42 Å². The third kappa shape index (κ3) is 24.1. The molecular weight excluding hydrogens is 424 g/mol. The van der Waals surface area contributed by atoms with Crippen LogP contribution in [0.2, 0.25) is 0 Å². The molecule has 0 spiro atoms. The summed E-state index contributed by atoms with van der Waals surface area (Å²) in [7, 11) is 0. The average molecular weight is 483 g/mol. The predicted octanol–water partition coefficient (Wildman–Crippen LogP) is 9.47. The van der Waals surface area contributed by atoms with Gasteiger partial charge in [-0.05, 0) is 40.0 Å². The number of carbonyl (C=O) groups excluding carboxylic acids is 2. The minimum absolute atomic E-state index is 0.160. The summed E-state index contributed by atoms with van der Waals surface area (Å²) >= 11 is 0. The Morgan fingerprint density at radius 1 is 0.588 bits per heavy atom. The lowest BCUT2D eigenvalue weighted by atomic mass is 10.0. The first-order valence-corrected chi connectivity index (χ1v) is 14.7. The highest BCUT2D eigenvalue weighted by Gasteiger charge is 2.23. The molecular formula is C30H58O4. The van der Waals surface area contributed by atoms with Crippen LogP contribution >= 0.6 is 0 Å². The molecule has 0 N–H and O–H groups in total. The third-order valence-electron chi connectivity index (χ3n) is 6.23. The first-order valence-electron chi connectivity index (χ1n) is 14.7. The summed E-state index contributed by atoms with van der Waals surface area (Å²) in [6.07, 6.45) is 23.3. The molecule has 0 fully saturated rings. The quantitative estimate of drug-likeness (QED) is 0.107. The van der Waals surface area contributed by atoms with E-state index in [9.17, 15) is 9.59 Å². The lowest BCUT2D eigenvalue weighted by molar-refractivity contribution is -0.161. The van der Waals surface area contributed by atoms with Gasteiger partial charge in [0.05, 0.1) is 6.42 Å². The van der Waals surface area contributed by atoms with Crippen LogP contribution in [0.3, 0.4) is 0 Å². The Morgan fingerprint density at radius 3 is 1.44 bits per heavy atom. The van der Waals surface area contributed by atoms with Gasteiger partial charge in [-0.3, -0.25) is 9.59 Å². The summed E-state index contributed by atoms with van der Waals surface area (Å²) in [6, 6.07) is 0. The monoisotopic (exact) mass is 482 g/mol. The van der Waals surface area contributed by atoms with Gasteiger partial charge in [0.2, 0.25) is 0 Å². The van der Waals surface area contributed by atoms with Gasteiger partial charge in [-0.15, -0.1) is 0 Å². The maximum absolute atomic E-state index is 12.4. The number of esters is 2. The normalized spacial score (nSPS) is 12.5. The summed E-state index contributed by atoms with van der Waals surface area (Å²) in [5, 5.41) is 0. The molecule has 34 heavy (non-hydrogen) atoms. The summed E-state index contributed by atoms with van der Waals surface area (Å²) < 4.78 is 11.2. The number of hydrogen-bond donors (Lipinski definition) is 0. The highest BCUT2D eigenvalue weighted by atomic mass is 16.6. The van der Waals surface area contributed by atoms with Crippen molar-refractivity contribution < 1.29 is 19.1 Å². The van der Waals surface area contributed by atoms with Crippen LogP contribution in [-0.4, -0.2) is 23.6 Å². The molecule has 0 aliphatic carbocycles. The molecule has 4 nitrogen and oxygen atoms in total. The molecule has 0 aromatic rings. The summed E-state index contributed by atoms with van der Waals surface area (Å²) in [4.78, 5) is 24.7. The van der Waals surface area contributed by atoms with Crippen molar-refractivity contribution in [1.29, 1.82) is 0 Å². The highest BCUT2D eigenvalue weighted by Crippen LogP contribution is 2.18. The van der Waals surface area contributed by atoms with Crippen molar-refractivity contribution >= 4 is 11.9 Å². The molecule has 0 aromatic carbocycles. The average Bonchev–Trinajstić information content (AvgIpc) is 2.75. The van der Waals surface area contributed by atoms with Crippen LogP contribution < -0.4 is 0 Å². The van der Waals surface area contributed by atoms with Gasteiger partial charge in [0.15, 0.2) is 0 Å². The fraction of sp³-hybridized carbons (Fsp3) is 0.933. The van der Waals surface area contributed by atoms with Gasteiger partial charge in [-0.2, -0.15) is 0 Å². The molecule has 0 bridgehead atoms. The first kappa shape index (κ1) is 32.9. The largest absolute Gasteiger partial charge is 0.462 e. The van der Waals surface area contributed by atoms with Crippen molar-refractivity contribution in [2.45, 2.75) is 181 Å². The summed E-state index contributed by atoms with van der Waals surface area (Å²) in [6.45, 7) is 10.1. The standard InChI is InChI=1S/C30H58O4/c1-6-8-10-12-14-16-18-20-22-24-27(26-29(32)34-30(3,4)5)33-28(31)25-23-21-19-17-15-13-11-9-7-2/h27H,6-26H2,1-5H3. The maximum atomic E-state index is 12.4. The van der Waals surface area contributed by atoms with Gasteiger partial charge in [0, 0.05) is 6.42 Å². The topological polar surface area (TPSA) is 52.6 Å². The fourth-order valence-electron chi connectivity index (χ4n) is 4.28. The zero-order valence-corrected chi connectivity index (χ0v) is 23.6. The van der Waals surface area contributed by atoms with Crippen LogP contribution in [-0.2, 0) is 19.1 Å². The van der Waals surface area contributed by atoms with Gasteiger partial charge in [0.25, 0.3) is 0 Å². The Hall–Kier alpha value is -1.06. The molecule has 0 saturated heterocycles. The van der Waals surface area contributed by atoms with Gasteiger partial charge in [0.1, 0.15) is 11.7 Å². The van der Waals surface area contributed by atoms with Crippen molar-refractivity contribution in [2.75, 3.05) is 0 Å². The molecule has 0 amide bonds. The second kappa shape index (κ2) is 22.4. The summed E-state index contributed by atoms with van der Waals surface area (Å²) in [5.41, 5.74) is -0.514. The summed E-state index contributed by atoms with van der Waals surface area (Å²) in [5.74, 6) is -0.434. The van der Waals surface area contributed by atoms with E-state index in [1.54, 1.807) is 0 Å². The van der Waals surface area contributed by atoms with Crippen LogP contribution in [0.4, 0.5) is 0 Å². The van der Waals surface area contributed by atoms with Gasteiger partial charge >= 0.3 is 11.9 Å². The van der Waals surface area contributed by atoms with Crippen LogP contribution in [0.15, 0.2) is 0 Å². The smallest absolute Gasteiger partial charge is 0.310 e. The van der Waals surface area contributed by atoms with E-state index >= 15 is 0 Å². The minimum Gasteiger partial charge on any atom is -0.462 e. The van der Waals surface area contributed by atoms with E-state index in [1.807, 2.05) is 20.8 Å². The Bertz CT molecular complexity index is 481. The van der Waals surface area contributed by atoms with E-state index in [0.717, 1.165) is 32.1 Å². The molecule has 4 heteroatoms. The number of ether oxygens (including phenoxy) is 2. The van der Waals surface area contributed by atoms with E-state index in [-0.39, 0.29) is 24.5 Å². The fourth-order valence-corrected chi connectivity index (χ4v) is 4.28. The van der Waals surface area contributed by atoms with E-state index in [2.05, 4.69) is 13.8 Å². The van der Waals surface area contributed by atoms with Crippen LogP contribution in [0.1, 0.15) is 169 Å². The van der Waals surface area contributed by atoms with Crippen molar-refractivity contribution in [1.82, 2.24) is 0 Å². The van der Waals surface area contributed by atoms with Crippen molar-refractivity contribution in [2.24, 2.45) is 0 Å². The van der Waals surface area contributed by atoms with Crippen molar-refractivity contribution in [3.63, 3.8) is 0 Å². The van der Waals surface area contributed by atoms with Crippen LogP contribution in [0.25, 0.3) is 0 Å². The minimum atomic E-state index is -0.514. The lowest BCUT2D eigenvalue weighted by Crippen LogP contribution is -2.28. The van der Waals surface area contributed by atoms with E-state index in [1.165, 1.54) is 89.9 Å². The van der Waals surface area contributed by atoms with Gasteiger partial charge in [-0.25, -0.2) is 0 Å². The predicted molar refractivity (Wildman–Crippen MR) is 144 cm³/mol. The number of unbranched alkanes of at least 4 members (excludes halogenated alkanes) is 16. The lowest BCUT2D eigenvalue weighted by Gasteiger charge is -2.22. The van der Waals surface area contributed by atoms with Gasteiger partial charge in [-0.1, -0.05) is 117 Å². The SMILES string of the molecule is CCCCCCCCCCCC(=O)OC(CCCCCCCCCCC)CC(=O)OC(C)(C)C. The molecule has 0 aliphatic rings. The van der Waals surface area contributed by atoms with E-state index < -0.39 is 5.60 Å². The van der Waals surface area contributed by atoms with E-state index in [4.69, 9.17) is 9.47 Å². The first-order chi connectivity index (χ1) is 16.3. The Balaban J connectivity index is 4.18. The van der Waals surface area contributed by atoms with Crippen molar-refractivity contribution in [3.05, 3.63) is 0 Å². The molecule has 1 unspecified atom stereocenters. The van der Waals surface area contributed by atoms with Crippen molar-refractivity contribution in [3.8, 4) is 0 Å². The molecule has 0 saturated carbocycles. The second-order valence-electron chi connectivity index (χ2n) is 11.1. The zero-order valence-electron chi connectivity index (χ0n) is 23.6. The molecule has 202 valence electrons. The molecule has 0 aromatic heterocycles. The Labute approximate surface area is 212 Å². The molecule has 0 radical (unpaired) electrons. The molecule has 1 atom stereocenters. The maximum Gasteiger partial charge on any atom is 0.310 e. The molecule has 0 heterocycles. The van der Waals surface area contributed by atoms with Crippen LogP contribution in [0, 0.1) is 0 Å². The Kier molecular flexibility index (Phi) is 21.7. The van der Waals surface area contributed by atoms with Gasteiger partial charge < -0.3 is 9.47 Å². The number of hydrogen-bond acceptors (Lipinski definition) is 4. The Morgan fingerprint density at radius 2 is 1.00 bits per heavy atom. The van der Waals surface area contributed by atoms with Crippen LogP contribution in [0.5, 0.6) is 0 Å².